The second-order valence-corrected chi connectivity index (χ2v) is 3.98. The lowest BCUT2D eigenvalue weighted by atomic mass is 10.0. The van der Waals surface area contributed by atoms with Crippen molar-refractivity contribution in [2.45, 2.75) is 27.7 Å². The van der Waals surface area contributed by atoms with E-state index in [1.807, 2.05) is 19.1 Å². The van der Waals surface area contributed by atoms with Crippen LogP contribution in [0.2, 0.25) is 0 Å². The van der Waals surface area contributed by atoms with Crippen LogP contribution in [-0.4, -0.2) is 18.7 Å². The molecule has 6 nitrogen and oxygen atoms in total. The highest BCUT2D eigenvalue weighted by molar-refractivity contribution is 5.92. The summed E-state index contributed by atoms with van der Waals surface area (Å²) < 4.78 is 4.42. The van der Waals surface area contributed by atoms with Crippen molar-refractivity contribution in [1.82, 2.24) is 0 Å². The minimum Gasteiger partial charge on any atom is -0.433 e. The topological polar surface area (TPSA) is 71.1 Å². The van der Waals surface area contributed by atoms with Crippen LogP contribution in [0.1, 0.15) is 34.0 Å². The number of benzene rings is 1. The molecule has 0 aliphatic heterocycles. The van der Waals surface area contributed by atoms with Crippen LogP contribution in [0.5, 0.6) is 0 Å². The molecule has 104 valence electrons. The molecule has 1 aromatic rings. The first-order valence-corrected chi connectivity index (χ1v) is 5.75. The number of hydrogen-bond acceptors (Lipinski definition) is 6. The third kappa shape index (κ3) is 4.26. The van der Waals surface area contributed by atoms with Gasteiger partial charge in [0.25, 0.3) is 0 Å². The van der Waals surface area contributed by atoms with E-state index in [0.29, 0.717) is 5.56 Å². The molecule has 1 rings (SSSR count). The smallest absolute Gasteiger partial charge is 0.433 e. The number of carbonyl (C=O) groups excluding carboxylic acids is 2. The molecule has 0 spiro atoms. The number of aryl methyl sites for hydroxylation is 3. The third-order valence-corrected chi connectivity index (χ3v) is 2.36. The molecule has 19 heavy (non-hydrogen) atoms. The summed E-state index contributed by atoms with van der Waals surface area (Å²) in [5, 5.41) is 4.08. The van der Waals surface area contributed by atoms with Gasteiger partial charge in [-0.15, -0.1) is 0 Å². The van der Waals surface area contributed by atoms with E-state index in [0.717, 1.165) is 16.7 Å². The van der Waals surface area contributed by atoms with E-state index in [-0.39, 0.29) is 6.61 Å². The van der Waals surface area contributed by atoms with Gasteiger partial charge in [0, 0.05) is 0 Å². The molecule has 0 N–H and O–H groups in total. The van der Waals surface area contributed by atoms with Crippen LogP contribution in [0, 0.1) is 20.8 Å². The molecule has 0 fully saturated rings. The van der Waals surface area contributed by atoms with E-state index in [2.05, 4.69) is 19.6 Å². The Kier molecular flexibility index (Phi) is 5.32. The van der Waals surface area contributed by atoms with E-state index in [1.54, 1.807) is 20.8 Å². The highest BCUT2D eigenvalue weighted by Gasteiger charge is 2.17. The highest BCUT2D eigenvalue weighted by Crippen LogP contribution is 2.17. The molecule has 0 saturated carbocycles. The van der Waals surface area contributed by atoms with Crippen LogP contribution in [0.3, 0.4) is 0 Å². The summed E-state index contributed by atoms with van der Waals surface area (Å²) in [7, 11) is 0. The van der Waals surface area contributed by atoms with Gasteiger partial charge in [-0.3, -0.25) is 4.89 Å². The molecule has 0 aliphatic rings. The first-order valence-electron chi connectivity index (χ1n) is 5.75. The zero-order valence-corrected chi connectivity index (χ0v) is 11.3. The van der Waals surface area contributed by atoms with E-state index < -0.39 is 12.1 Å². The summed E-state index contributed by atoms with van der Waals surface area (Å²) in [6.07, 6.45) is -1.08. The fraction of sp³-hybridized carbons (Fsp3) is 0.385. The SMILES string of the molecule is CCOC(=O)OOOC(=O)c1c(C)cc(C)cc1C. The average Bonchev–Trinajstić information content (AvgIpc) is 2.27. The first kappa shape index (κ1) is 15.0. The normalized spacial score (nSPS) is 9.89. The Morgan fingerprint density at radius 1 is 1.05 bits per heavy atom. The van der Waals surface area contributed by atoms with Crippen molar-refractivity contribution in [2.24, 2.45) is 0 Å². The second kappa shape index (κ2) is 6.75. The van der Waals surface area contributed by atoms with Crippen molar-refractivity contribution in [3.63, 3.8) is 0 Å². The molecule has 6 heteroatoms. The summed E-state index contributed by atoms with van der Waals surface area (Å²) in [6, 6.07) is 3.69. The maximum Gasteiger partial charge on any atom is 0.543 e. The van der Waals surface area contributed by atoms with E-state index in [1.165, 1.54) is 0 Å². The van der Waals surface area contributed by atoms with Crippen LogP contribution in [-0.2, 0) is 19.6 Å². The monoisotopic (exact) mass is 268 g/mol. The summed E-state index contributed by atoms with van der Waals surface area (Å²) in [5.74, 6) is -0.737. The van der Waals surface area contributed by atoms with Crippen molar-refractivity contribution >= 4 is 12.1 Å². The quantitative estimate of drug-likeness (QED) is 0.475. The predicted molar refractivity (Wildman–Crippen MR) is 65.3 cm³/mol. The zero-order chi connectivity index (χ0) is 14.4. The summed E-state index contributed by atoms with van der Waals surface area (Å²) in [4.78, 5) is 31.0. The lowest BCUT2D eigenvalue weighted by molar-refractivity contribution is -0.452. The van der Waals surface area contributed by atoms with Gasteiger partial charge in [-0.25, -0.2) is 14.5 Å². The van der Waals surface area contributed by atoms with Crippen molar-refractivity contribution in [1.29, 1.82) is 0 Å². The van der Waals surface area contributed by atoms with Gasteiger partial charge in [-0.05, 0) is 38.8 Å². The summed E-state index contributed by atoms with van der Waals surface area (Å²) >= 11 is 0. The third-order valence-electron chi connectivity index (χ3n) is 2.36. The Bertz CT molecular complexity index is 457. The largest absolute Gasteiger partial charge is 0.543 e. The average molecular weight is 268 g/mol. The molecule has 0 saturated heterocycles. The van der Waals surface area contributed by atoms with Gasteiger partial charge in [0.2, 0.25) is 0 Å². The van der Waals surface area contributed by atoms with Crippen LogP contribution >= 0.6 is 0 Å². The molecular formula is C13H16O6. The number of ether oxygens (including phenoxy) is 1. The van der Waals surface area contributed by atoms with Gasteiger partial charge >= 0.3 is 12.1 Å². The van der Waals surface area contributed by atoms with Gasteiger partial charge in [0.1, 0.15) is 0 Å². The van der Waals surface area contributed by atoms with Crippen LogP contribution < -0.4 is 0 Å². The molecule has 0 unspecified atom stereocenters. The standard InChI is InChI=1S/C13H16O6/c1-5-16-13(15)18-19-17-12(14)11-9(3)6-8(2)7-10(11)4/h6-7H,5H2,1-4H3. The molecule has 0 amide bonds. The predicted octanol–water partition coefficient (Wildman–Crippen LogP) is 2.79. The number of carbonyl (C=O) groups is 2. The summed E-state index contributed by atoms with van der Waals surface area (Å²) in [6.45, 7) is 7.22. The van der Waals surface area contributed by atoms with Crippen LogP contribution in [0.15, 0.2) is 12.1 Å². The van der Waals surface area contributed by atoms with E-state index in [4.69, 9.17) is 0 Å². The minimum atomic E-state index is -1.08. The van der Waals surface area contributed by atoms with Crippen molar-refractivity contribution in [3.8, 4) is 0 Å². The van der Waals surface area contributed by atoms with Crippen molar-refractivity contribution in [3.05, 3.63) is 34.4 Å². The van der Waals surface area contributed by atoms with Gasteiger partial charge in [-0.2, -0.15) is 0 Å². The summed E-state index contributed by atoms with van der Waals surface area (Å²) in [5.41, 5.74) is 2.91. The van der Waals surface area contributed by atoms with E-state index >= 15 is 0 Å². The Morgan fingerprint density at radius 3 is 2.16 bits per heavy atom. The molecule has 0 bridgehead atoms. The molecule has 1 aromatic carbocycles. The number of hydrogen-bond donors (Lipinski definition) is 0. The zero-order valence-electron chi connectivity index (χ0n) is 11.3. The molecule has 0 heterocycles. The van der Waals surface area contributed by atoms with Gasteiger partial charge < -0.3 is 4.74 Å². The Morgan fingerprint density at radius 2 is 1.63 bits per heavy atom. The molecule has 0 aromatic heterocycles. The Labute approximate surface area is 111 Å². The van der Waals surface area contributed by atoms with Crippen molar-refractivity contribution < 1.29 is 29.1 Å². The van der Waals surface area contributed by atoms with Gasteiger partial charge in [0.15, 0.2) is 0 Å². The lowest BCUT2D eigenvalue weighted by Crippen LogP contribution is -2.13. The van der Waals surface area contributed by atoms with E-state index in [9.17, 15) is 9.59 Å². The minimum absolute atomic E-state index is 0.131. The highest BCUT2D eigenvalue weighted by atomic mass is 17.5. The Balaban J connectivity index is 2.62. The molecule has 0 atom stereocenters. The van der Waals surface area contributed by atoms with Gasteiger partial charge in [0.05, 0.1) is 17.2 Å². The molecule has 0 radical (unpaired) electrons. The maximum atomic E-state index is 11.8. The fourth-order valence-corrected chi connectivity index (χ4v) is 1.76. The van der Waals surface area contributed by atoms with Crippen molar-refractivity contribution in [2.75, 3.05) is 6.61 Å². The molecular weight excluding hydrogens is 252 g/mol. The van der Waals surface area contributed by atoms with Crippen LogP contribution in [0.25, 0.3) is 0 Å². The van der Waals surface area contributed by atoms with Crippen LogP contribution in [0.4, 0.5) is 4.79 Å². The molecule has 0 aliphatic carbocycles. The Hall–Kier alpha value is -2.08. The number of rotatable bonds is 4. The fourth-order valence-electron chi connectivity index (χ4n) is 1.76. The first-order chi connectivity index (χ1) is 8.95. The lowest BCUT2D eigenvalue weighted by Gasteiger charge is -2.08. The maximum absolute atomic E-state index is 11.8. The van der Waals surface area contributed by atoms with Gasteiger partial charge in [-0.1, -0.05) is 17.7 Å². The second-order valence-electron chi connectivity index (χ2n) is 3.98.